The van der Waals surface area contributed by atoms with Crippen molar-refractivity contribution in [1.29, 1.82) is 0 Å². The van der Waals surface area contributed by atoms with Gasteiger partial charge in [0.05, 0.1) is 11.2 Å². The van der Waals surface area contributed by atoms with Crippen LogP contribution < -0.4 is 5.32 Å². The number of H-pyrrole nitrogens is 1. The first kappa shape index (κ1) is 23.5. The summed E-state index contributed by atoms with van der Waals surface area (Å²) in [5.74, 6) is 1.10. The molecule has 2 heterocycles. The van der Waals surface area contributed by atoms with Crippen molar-refractivity contribution in [2.45, 2.75) is 38.6 Å². The predicted molar refractivity (Wildman–Crippen MR) is 145 cm³/mol. The number of nitrogens with one attached hydrogen (secondary N) is 2. The second-order valence-electron chi connectivity index (χ2n) is 9.77. The monoisotopic (exact) mass is 464 g/mol. The van der Waals surface area contributed by atoms with Gasteiger partial charge in [0, 0.05) is 43.4 Å². The van der Waals surface area contributed by atoms with Crippen LogP contribution in [-0.4, -0.2) is 41.0 Å². The van der Waals surface area contributed by atoms with Crippen LogP contribution in [0.15, 0.2) is 84.9 Å². The molecule has 5 rings (SSSR count). The summed E-state index contributed by atoms with van der Waals surface area (Å²) < 4.78 is 0. The van der Waals surface area contributed by atoms with Gasteiger partial charge in [-0.1, -0.05) is 97.4 Å². The van der Waals surface area contributed by atoms with Crippen LogP contribution in [0, 0.1) is 6.92 Å². The Bertz CT molecular complexity index is 1180. The second kappa shape index (κ2) is 10.2. The van der Waals surface area contributed by atoms with Gasteiger partial charge in [0.15, 0.2) is 0 Å². The fourth-order valence-corrected chi connectivity index (χ4v) is 5.66. The summed E-state index contributed by atoms with van der Waals surface area (Å²) >= 11 is 0. The summed E-state index contributed by atoms with van der Waals surface area (Å²) in [6.07, 6.45) is 0.909. The van der Waals surface area contributed by atoms with E-state index in [1.165, 1.54) is 22.4 Å². The van der Waals surface area contributed by atoms with Gasteiger partial charge < -0.3 is 10.3 Å². The Hall–Kier alpha value is -3.21. The Morgan fingerprint density at radius 1 is 0.857 bits per heavy atom. The molecule has 4 heteroatoms. The molecule has 4 nitrogen and oxygen atoms in total. The number of rotatable bonds is 7. The Kier molecular flexibility index (Phi) is 6.85. The fourth-order valence-electron chi connectivity index (χ4n) is 5.66. The van der Waals surface area contributed by atoms with Gasteiger partial charge in [-0.05, 0) is 31.4 Å². The van der Waals surface area contributed by atoms with Gasteiger partial charge in [0.2, 0.25) is 0 Å². The van der Waals surface area contributed by atoms with E-state index in [4.69, 9.17) is 4.98 Å². The number of imidazole rings is 1. The van der Waals surface area contributed by atoms with Gasteiger partial charge in [-0.25, -0.2) is 4.98 Å². The first-order valence-electron chi connectivity index (χ1n) is 12.8. The smallest absolute Gasteiger partial charge is 0.137 e. The third-order valence-corrected chi connectivity index (χ3v) is 7.54. The molecule has 35 heavy (non-hydrogen) atoms. The summed E-state index contributed by atoms with van der Waals surface area (Å²) in [6, 6.07) is 30.6. The molecule has 0 amide bonds. The molecule has 180 valence electrons. The average molecular weight is 465 g/mol. The Morgan fingerprint density at radius 2 is 1.43 bits per heavy atom. The normalized spacial score (nSPS) is 16.3. The number of aromatic amines is 1. The minimum atomic E-state index is -0.324. The molecule has 0 saturated carbocycles. The molecule has 2 N–H and O–H groups in total. The van der Waals surface area contributed by atoms with Crippen LogP contribution in [0.5, 0.6) is 0 Å². The first-order valence-corrected chi connectivity index (χ1v) is 12.8. The summed E-state index contributed by atoms with van der Waals surface area (Å²) in [4.78, 5) is 11.8. The molecule has 1 atom stereocenters. The molecule has 0 aliphatic carbocycles. The quantitative estimate of drug-likeness (QED) is 0.358. The zero-order valence-corrected chi connectivity index (χ0v) is 21.1. The molecule has 3 aromatic carbocycles. The molecule has 4 aromatic rings. The summed E-state index contributed by atoms with van der Waals surface area (Å²) in [5, 5.41) is 3.55. The Balaban J connectivity index is 1.73. The van der Waals surface area contributed by atoms with E-state index in [2.05, 4.69) is 121 Å². The van der Waals surface area contributed by atoms with Gasteiger partial charge in [0.25, 0.3) is 0 Å². The lowest BCUT2D eigenvalue weighted by Crippen LogP contribution is -2.56. The standard InChI is InChI=1S/C31H36N4/c1-4-27-29(34-30(33-27)26-17-15-23(2)16-18-26)31(3,35-21-19-32-20-22-35)28(24-11-7-5-8-12-24)25-13-9-6-10-14-25/h5-18,28,32H,4,19-22H2,1-3H3,(H,33,34). The number of piperazine rings is 1. The summed E-state index contributed by atoms with van der Waals surface area (Å²) in [5.41, 5.74) is 7.09. The molecule has 1 unspecified atom stereocenters. The average Bonchev–Trinajstić information content (AvgIpc) is 3.36. The van der Waals surface area contributed by atoms with Crippen LogP contribution in [0.4, 0.5) is 0 Å². The molecule has 0 radical (unpaired) electrons. The highest BCUT2D eigenvalue weighted by atomic mass is 15.3. The molecule has 1 fully saturated rings. The van der Waals surface area contributed by atoms with Crippen molar-refractivity contribution in [1.82, 2.24) is 20.2 Å². The number of aromatic nitrogens is 2. The highest BCUT2D eigenvalue weighted by molar-refractivity contribution is 5.57. The Labute approximate surface area is 209 Å². The second-order valence-corrected chi connectivity index (χ2v) is 9.77. The van der Waals surface area contributed by atoms with E-state index in [0.717, 1.165) is 49.7 Å². The molecule has 0 spiro atoms. The number of hydrogen-bond donors (Lipinski definition) is 2. The van der Waals surface area contributed by atoms with Crippen molar-refractivity contribution < 1.29 is 0 Å². The molecule has 0 bridgehead atoms. The first-order chi connectivity index (χ1) is 17.1. The van der Waals surface area contributed by atoms with E-state index in [1.807, 2.05) is 0 Å². The minimum absolute atomic E-state index is 0.141. The van der Waals surface area contributed by atoms with Crippen molar-refractivity contribution in [2.75, 3.05) is 26.2 Å². The van der Waals surface area contributed by atoms with Gasteiger partial charge in [-0.3, -0.25) is 4.90 Å². The maximum absolute atomic E-state index is 5.38. The van der Waals surface area contributed by atoms with Crippen molar-refractivity contribution in [3.8, 4) is 11.4 Å². The molecule has 1 saturated heterocycles. The lowest BCUT2D eigenvalue weighted by Gasteiger charge is -2.48. The van der Waals surface area contributed by atoms with E-state index in [9.17, 15) is 0 Å². The van der Waals surface area contributed by atoms with Crippen LogP contribution >= 0.6 is 0 Å². The highest BCUT2D eigenvalue weighted by Gasteiger charge is 2.46. The van der Waals surface area contributed by atoms with Crippen LogP contribution in [0.3, 0.4) is 0 Å². The maximum atomic E-state index is 5.38. The van der Waals surface area contributed by atoms with Gasteiger partial charge in [-0.15, -0.1) is 0 Å². The predicted octanol–water partition coefficient (Wildman–Crippen LogP) is 5.90. The van der Waals surface area contributed by atoms with Gasteiger partial charge >= 0.3 is 0 Å². The highest BCUT2D eigenvalue weighted by Crippen LogP contribution is 2.47. The zero-order valence-electron chi connectivity index (χ0n) is 21.1. The minimum Gasteiger partial charge on any atom is -0.342 e. The summed E-state index contributed by atoms with van der Waals surface area (Å²) in [6.45, 7) is 10.7. The lowest BCUT2D eigenvalue weighted by atomic mass is 9.72. The van der Waals surface area contributed by atoms with Crippen LogP contribution in [-0.2, 0) is 12.0 Å². The lowest BCUT2D eigenvalue weighted by molar-refractivity contribution is 0.0671. The van der Waals surface area contributed by atoms with E-state index >= 15 is 0 Å². The van der Waals surface area contributed by atoms with Crippen LogP contribution in [0.25, 0.3) is 11.4 Å². The zero-order chi connectivity index (χ0) is 24.3. The van der Waals surface area contributed by atoms with Gasteiger partial charge in [-0.2, -0.15) is 0 Å². The van der Waals surface area contributed by atoms with E-state index < -0.39 is 0 Å². The molecule has 1 aliphatic rings. The van der Waals surface area contributed by atoms with Crippen molar-refractivity contribution >= 4 is 0 Å². The molecule has 1 aromatic heterocycles. The number of hydrogen-bond acceptors (Lipinski definition) is 3. The topological polar surface area (TPSA) is 44.0 Å². The largest absolute Gasteiger partial charge is 0.342 e. The fraction of sp³-hybridized carbons (Fsp3) is 0.323. The third-order valence-electron chi connectivity index (χ3n) is 7.54. The number of aryl methyl sites for hydroxylation is 2. The maximum Gasteiger partial charge on any atom is 0.137 e. The molecular formula is C31H36N4. The molecular weight excluding hydrogens is 428 g/mol. The third kappa shape index (κ3) is 4.56. The Morgan fingerprint density at radius 3 is 1.97 bits per heavy atom. The number of nitrogens with zero attached hydrogens (tertiary/aromatic N) is 2. The van der Waals surface area contributed by atoms with Crippen LogP contribution in [0.1, 0.15) is 47.8 Å². The van der Waals surface area contributed by atoms with E-state index in [1.54, 1.807) is 0 Å². The SMILES string of the molecule is CCc1[nH]c(-c2ccc(C)cc2)nc1C(C)(C(c1ccccc1)c1ccccc1)N1CCNCC1. The summed E-state index contributed by atoms with van der Waals surface area (Å²) in [7, 11) is 0. The van der Waals surface area contributed by atoms with E-state index in [0.29, 0.717) is 0 Å². The van der Waals surface area contributed by atoms with Gasteiger partial charge in [0.1, 0.15) is 5.82 Å². The van der Waals surface area contributed by atoms with Crippen molar-refractivity contribution in [2.24, 2.45) is 0 Å². The number of benzene rings is 3. The van der Waals surface area contributed by atoms with Crippen molar-refractivity contribution in [3.05, 3.63) is 113 Å². The van der Waals surface area contributed by atoms with Crippen molar-refractivity contribution in [3.63, 3.8) is 0 Å². The molecule has 1 aliphatic heterocycles. The van der Waals surface area contributed by atoms with Crippen LogP contribution in [0.2, 0.25) is 0 Å². The van der Waals surface area contributed by atoms with E-state index in [-0.39, 0.29) is 11.5 Å².